The molecule has 1 saturated heterocycles. The van der Waals surface area contributed by atoms with Gasteiger partial charge in [-0.25, -0.2) is 0 Å². The van der Waals surface area contributed by atoms with Crippen LogP contribution in [0, 0.1) is 0 Å². The minimum Gasteiger partial charge on any atom is -1.00 e. The number of halogens is 3. The molecule has 9 aromatic rings. The van der Waals surface area contributed by atoms with Crippen LogP contribution in [0.5, 0.6) is 0 Å². The van der Waals surface area contributed by atoms with Gasteiger partial charge in [-0.3, -0.25) is 0 Å². The zero-order valence-corrected chi connectivity index (χ0v) is 53.9. The summed E-state index contributed by atoms with van der Waals surface area (Å²) in [6, 6.07) is 69.5. The molecule has 0 spiro atoms. The monoisotopic (exact) mass is 1220 g/mol. The van der Waals surface area contributed by atoms with Gasteiger partial charge >= 0.3 is 14.2 Å². The maximum Gasteiger partial charge on any atom is 0.496 e. The molecule has 4 aliphatic heterocycles. The van der Waals surface area contributed by atoms with Crippen molar-refractivity contribution in [1.29, 1.82) is 0 Å². The fourth-order valence-electron chi connectivity index (χ4n) is 11.8. The molecule has 409 valence electrons. The SMILES string of the molecule is CC1(C)OB(c2c(-c3ccccc3)ccc3c2-c2ccccc2[Si]3(C)C)OC1(C)C.C[Si]1(C)c2ccccc2-c2c1ccc(-c1ccccc1)c2Cl.C[Si]1(C)c2ccccc2-c2c1ccc(Br)c2Cl.OB(O)c1ccccc1.[2H-].[2HH].[2H][2H].[2H][2H].[B][B][B]. The van der Waals surface area contributed by atoms with Gasteiger partial charge in [0, 0.05) is 51.1 Å². The smallest absolute Gasteiger partial charge is 0.496 e. The second kappa shape index (κ2) is 24.2. The molecule has 0 aliphatic carbocycles. The molecule has 4 aliphatic rings. The Bertz CT molecular complexity index is 3750. The molecule has 5 radical (unpaired) electrons. The Morgan fingerprint density at radius 2 is 0.802 bits per heavy atom. The van der Waals surface area contributed by atoms with Crippen molar-refractivity contribution in [1.82, 2.24) is 0 Å². The Morgan fingerprint density at radius 1 is 0.469 bits per heavy atom. The summed E-state index contributed by atoms with van der Waals surface area (Å²) in [5.74, 6) is 0. The average molecular weight is 1220 g/mol. The highest BCUT2D eigenvalue weighted by Crippen LogP contribution is 2.42. The van der Waals surface area contributed by atoms with Gasteiger partial charge in [-0.2, -0.15) is 0 Å². The first kappa shape index (κ1) is 57.7. The van der Waals surface area contributed by atoms with E-state index in [0.29, 0.717) is 5.46 Å². The molecule has 4 nitrogen and oxygen atoms in total. The van der Waals surface area contributed by atoms with Gasteiger partial charge in [-0.15, -0.1) is 0 Å². The molecule has 9 aromatic carbocycles. The summed E-state index contributed by atoms with van der Waals surface area (Å²) in [6.45, 7) is 23.0. The van der Waals surface area contributed by atoms with Crippen molar-refractivity contribution in [2.24, 2.45) is 0 Å². The van der Waals surface area contributed by atoms with Gasteiger partial charge in [-0.1, -0.05) is 257 Å². The lowest BCUT2D eigenvalue weighted by Gasteiger charge is -2.32. The Balaban J connectivity index is 0.000000215. The minimum atomic E-state index is -1.77. The highest BCUT2D eigenvalue weighted by atomic mass is 79.9. The summed E-state index contributed by atoms with van der Waals surface area (Å²) in [5, 5.41) is 27.8. The summed E-state index contributed by atoms with van der Waals surface area (Å²) >= 11 is 16.9. The minimum absolute atomic E-state index is 0. The molecule has 0 amide bonds. The topological polar surface area (TPSA) is 58.9 Å². The lowest BCUT2D eigenvalue weighted by molar-refractivity contribution is 0.00578. The van der Waals surface area contributed by atoms with Gasteiger partial charge in [0.1, 0.15) is 24.2 Å². The first-order valence-electron chi connectivity index (χ1n) is 29.4. The summed E-state index contributed by atoms with van der Waals surface area (Å²) in [5.41, 5.74) is 13.5. The summed E-state index contributed by atoms with van der Waals surface area (Å²) in [6.07, 6.45) is 0. The van der Waals surface area contributed by atoms with E-state index in [4.69, 9.17) is 48.5 Å². The number of fused-ring (bicyclic) bond motifs is 9. The second-order valence-electron chi connectivity index (χ2n) is 23.4. The van der Waals surface area contributed by atoms with E-state index in [1.165, 1.54) is 86.7 Å². The van der Waals surface area contributed by atoms with E-state index < -0.39 is 38.5 Å². The molecule has 81 heavy (non-hydrogen) atoms. The van der Waals surface area contributed by atoms with Crippen molar-refractivity contribution >= 4 is 142 Å². The van der Waals surface area contributed by atoms with Crippen LogP contribution in [-0.2, 0) is 9.31 Å². The quantitative estimate of drug-likeness (QED) is 0.172. The van der Waals surface area contributed by atoms with E-state index in [0.717, 1.165) is 27.1 Å². The largest absolute Gasteiger partial charge is 1.00 e. The Kier molecular flexibility index (Phi) is 17.2. The molecular weight excluding hydrogens is 1150 g/mol. The molecule has 0 unspecified atom stereocenters. The molecular formula is C66H72B5BrCl2O4Si3-. The zero-order valence-electron chi connectivity index (χ0n) is 52.8. The van der Waals surface area contributed by atoms with Crippen molar-refractivity contribution in [3.63, 3.8) is 0 Å². The van der Waals surface area contributed by atoms with E-state index in [9.17, 15) is 0 Å². The van der Waals surface area contributed by atoms with Crippen LogP contribution in [0.1, 0.15) is 36.5 Å². The molecule has 15 heteroatoms. The molecule has 2 N–H and O–H groups in total. The number of hydrogen-bond acceptors (Lipinski definition) is 4. The molecule has 0 saturated carbocycles. The third-order valence-electron chi connectivity index (χ3n) is 16.9. The van der Waals surface area contributed by atoms with Crippen LogP contribution in [0.3, 0.4) is 0 Å². The van der Waals surface area contributed by atoms with Crippen LogP contribution in [0.4, 0.5) is 0 Å². The van der Waals surface area contributed by atoms with Crippen molar-refractivity contribution in [2.75, 3.05) is 0 Å². The van der Waals surface area contributed by atoms with Gasteiger partial charge in [0.15, 0.2) is 0 Å². The number of rotatable bonds is 4. The summed E-state index contributed by atoms with van der Waals surface area (Å²) in [4.78, 5) is 0. The van der Waals surface area contributed by atoms with Crippen molar-refractivity contribution < 1.29 is 28.1 Å². The fraction of sp³-hybridized carbons (Fsp3) is 0.182. The normalized spacial score (nSPS) is 16.0. The molecule has 0 aromatic heterocycles. The molecule has 0 bridgehead atoms. The van der Waals surface area contributed by atoms with Crippen LogP contribution in [-0.4, -0.2) is 82.2 Å². The second-order valence-corrected chi connectivity index (χ2v) is 38.0. The van der Waals surface area contributed by atoms with E-state index >= 15 is 0 Å². The van der Waals surface area contributed by atoms with Crippen LogP contribution < -0.4 is 42.0 Å². The third kappa shape index (κ3) is 11.5. The van der Waals surface area contributed by atoms with Crippen molar-refractivity contribution in [3.8, 4) is 55.6 Å². The predicted octanol–water partition coefficient (Wildman–Crippen LogP) is 12.2. The Hall–Kier alpha value is -5.14. The molecule has 0 atom stereocenters. The highest BCUT2D eigenvalue weighted by Gasteiger charge is 2.54. The van der Waals surface area contributed by atoms with Crippen LogP contribution in [0.2, 0.25) is 49.3 Å². The lowest BCUT2D eigenvalue weighted by Crippen LogP contribution is -2.50. The van der Waals surface area contributed by atoms with Crippen LogP contribution in [0.25, 0.3) is 55.6 Å². The maximum atomic E-state index is 8.58. The summed E-state index contributed by atoms with van der Waals surface area (Å²) in [7, 11) is 3.33. The van der Waals surface area contributed by atoms with E-state index in [-0.39, 0.29) is 14.1 Å². The summed E-state index contributed by atoms with van der Waals surface area (Å²) < 4.78 is 34.2. The van der Waals surface area contributed by atoms with Crippen LogP contribution in [0.15, 0.2) is 205 Å². The fourth-order valence-corrected chi connectivity index (χ4v) is 22.2. The molecule has 4 heterocycles. The van der Waals surface area contributed by atoms with Gasteiger partial charge in [0.2, 0.25) is 0 Å². The van der Waals surface area contributed by atoms with E-state index in [2.05, 4.69) is 262 Å². The predicted molar refractivity (Wildman–Crippen MR) is 371 cm³/mol. The molecule has 1 fully saturated rings. The van der Waals surface area contributed by atoms with Gasteiger partial charge in [0.05, 0.1) is 21.2 Å². The van der Waals surface area contributed by atoms with Crippen molar-refractivity contribution in [3.05, 3.63) is 215 Å². The third-order valence-corrected chi connectivity index (χ3v) is 29.2. The van der Waals surface area contributed by atoms with Crippen LogP contribution >= 0.6 is 39.1 Å². The number of hydrogen-bond donors (Lipinski definition) is 2. The number of benzene rings is 9. The van der Waals surface area contributed by atoms with E-state index in [1.807, 2.05) is 12.1 Å². The van der Waals surface area contributed by atoms with Gasteiger partial charge < -0.3 is 20.8 Å². The molecule has 13 rings (SSSR count). The van der Waals surface area contributed by atoms with Crippen molar-refractivity contribution in [2.45, 2.75) is 78.2 Å². The Morgan fingerprint density at radius 3 is 1.22 bits per heavy atom. The zero-order chi connectivity index (χ0) is 62.2. The van der Waals surface area contributed by atoms with E-state index in [1.54, 1.807) is 24.3 Å². The Labute approximate surface area is 515 Å². The maximum absolute atomic E-state index is 8.58. The highest BCUT2D eigenvalue weighted by molar-refractivity contribution is 9.10. The van der Waals surface area contributed by atoms with Gasteiger partial charge in [0.25, 0.3) is 0 Å². The average Bonchev–Trinajstić information content (AvgIpc) is 1.59. The lowest BCUT2D eigenvalue weighted by atomic mass is 9.40. The van der Waals surface area contributed by atoms with Gasteiger partial charge in [-0.05, 0) is 131 Å². The first-order chi connectivity index (χ1) is 40.5. The first-order valence-corrected chi connectivity index (χ1v) is 38.0. The standard InChI is InChI=1S/C26H29BO2Si.C20H17ClSi.C14H12BrClSi.C6H7BO2.B3.3H2.H/c1-25(2)26(3,4)29-27(28-25)24-19(18-12-8-7-9-13-18)16-17-22-23(24)20-14-10-11-15-21(20)30(22,5)6;1-22(2)17-11-7-6-10-16(17)19-18(22)13-12-15(20(19)21)14-8-4-3-5-9-14;1-17(2)11-6-4-3-5-9(11)13-12(17)8-7-10(15)14(13)16;8-7(9)6-4-2-1-3-5-6;1-3-2;;;;/h7-17H,1-6H3;3-13H,1-2H3;3-8H,1-2H3;1-5,8-9H;;3*1H;/q;;;;;;;;-1/i;;;;;2*1+1D;2*1+1.